The highest BCUT2D eigenvalue weighted by Gasteiger charge is 2.41. The first-order valence-corrected chi connectivity index (χ1v) is 21.1. The number of aromatic amines is 1. The maximum Gasteiger partial charge on any atom is 0.305 e. The van der Waals surface area contributed by atoms with E-state index in [1.54, 1.807) is 18.3 Å². The second-order valence-electron chi connectivity index (χ2n) is 16.4. The van der Waals surface area contributed by atoms with Gasteiger partial charge in [0.15, 0.2) is 0 Å². The van der Waals surface area contributed by atoms with Crippen molar-refractivity contribution in [1.29, 1.82) is 0 Å². The fourth-order valence-corrected chi connectivity index (χ4v) is 8.42. The number of para-hydroxylation sites is 1. The normalized spacial score (nSPS) is 24.9. The molecule has 6 atom stereocenters. The summed E-state index contributed by atoms with van der Waals surface area (Å²) in [6, 6.07) is 9.85. The van der Waals surface area contributed by atoms with Gasteiger partial charge in [-0.1, -0.05) is 62.4 Å². The molecule has 3 aliphatic heterocycles. The number of carbonyl (C=O) groups is 8. The number of esters is 1. The van der Waals surface area contributed by atoms with Crippen molar-refractivity contribution in [2.24, 2.45) is 5.92 Å². The summed E-state index contributed by atoms with van der Waals surface area (Å²) in [5.74, 6) is -5.02. The Morgan fingerprint density at radius 2 is 1.31 bits per heavy atom. The molecule has 3 aliphatic rings. The number of fused-ring (bicyclic) bond motifs is 3. The average molecular weight is 841 g/mol. The lowest BCUT2D eigenvalue weighted by atomic mass is 9.99. The summed E-state index contributed by atoms with van der Waals surface area (Å²) in [4.78, 5) is 117. The predicted octanol–water partition coefficient (Wildman–Crippen LogP) is 1.00. The van der Waals surface area contributed by atoms with Gasteiger partial charge in [0.05, 0.1) is 13.7 Å². The van der Waals surface area contributed by atoms with Crippen molar-refractivity contribution in [2.45, 2.75) is 108 Å². The first kappa shape index (κ1) is 44.3. The fraction of sp³-hybridized carbons (Fsp3) is 0.500. The number of carbonyl (C=O) groups excluding carboxylic acids is 8. The molecule has 3 aromatic rings. The number of methoxy groups -OCH3 is 1. The van der Waals surface area contributed by atoms with Crippen LogP contribution in [0.5, 0.6) is 0 Å². The van der Waals surface area contributed by atoms with Gasteiger partial charge in [-0.2, -0.15) is 0 Å². The van der Waals surface area contributed by atoms with Crippen LogP contribution >= 0.6 is 0 Å². The van der Waals surface area contributed by atoms with Gasteiger partial charge in [-0.15, -0.1) is 0 Å². The molecular weight excluding hydrogens is 785 g/mol. The lowest BCUT2D eigenvalue weighted by molar-refractivity contribution is -0.142. The lowest BCUT2D eigenvalue weighted by Crippen LogP contribution is -2.60. The third kappa shape index (κ3) is 11.1. The summed E-state index contributed by atoms with van der Waals surface area (Å²) in [7, 11) is 1.20. The largest absolute Gasteiger partial charge is 0.469 e. The minimum atomic E-state index is -1.30. The Labute approximate surface area is 354 Å². The molecule has 326 valence electrons. The van der Waals surface area contributed by atoms with Crippen LogP contribution in [0.1, 0.15) is 69.9 Å². The molecule has 3 fully saturated rings. The lowest BCUT2D eigenvalue weighted by Gasteiger charge is -2.31. The summed E-state index contributed by atoms with van der Waals surface area (Å²) in [5.41, 5.74) is 2.32. The number of hydrogen-bond acceptors (Lipinski definition) is 9. The zero-order valence-corrected chi connectivity index (χ0v) is 34.9. The highest BCUT2D eigenvalue weighted by molar-refractivity contribution is 5.99. The van der Waals surface area contributed by atoms with Crippen LogP contribution in [0.3, 0.4) is 0 Å². The van der Waals surface area contributed by atoms with E-state index in [9.17, 15) is 38.4 Å². The molecule has 4 heterocycles. The average Bonchev–Trinajstić information content (AvgIpc) is 4.04. The van der Waals surface area contributed by atoms with Gasteiger partial charge in [-0.25, -0.2) is 0 Å². The molecule has 0 radical (unpaired) electrons. The Morgan fingerprint density at radius 3 is 2.02 bits per heavy atom. The molecule has 7 amide bonds. The molecule has 1 aromatic heterocycles. The van der Waals surface area contributed by atoms with Gasteiger partial charge >= 0.3 is 5.97 Å². The molecule has 6 N–H and O–H groups in total. The number of benzene rings is 2. The molecule has 17 heteroatoms. The van der Waals surface area contributed by atoms with Crippen molar-refractivity contribution < 1.29 is 43.1 Å². The number of H-pyrrole nitrogens is 1. The van der Waals surface area contributed by atoms with Crippen molar-refractivity contribution >= 4 is 58.2 Å². The number of hydrogen-bond donors (Lipinski definition) is 6. The standard InChI is InChI=1S/C44H56N8O9/c1-26(2)21-32-41(57)50-34(23-28-24-45-30-14-8-7-13-29(28)30)44(60)52-20-10-16-36(52)43(59)49-33(22-27-11-5-4-6-12-27)39(55)46-25-37(53)51-19-9-15-35(51)42(58)47-31(40(56)48-32)17-18-38(54)61-3/h4-8,11-14,24,26,31-36,45H,9-10,15-23,25H2,1-3H3,(H,46,55)(H,47,58)(H,48,56)(H,49,59)(H,50,57)/t31-,32-,33-,34-,35-,36-/m0/s1. The first-order chi connectivity index (χ1) is 29.3. The van der Waals surface area contributed by atoms with E-state index in [-0.39, 0.29) is 57.5 Å². The molecule has 3 saturated heterocycles. The second kappa shape index (κ2) is 20.3. The van der Waals surface area contributed by atoms with E-state index in [2.05, 4.69) is 31.6 Å². The van der Waals surface area contributed by atoms with E-state index >= 15 is 0 Å². The van der Waals surface area contributed by atoms with E-state index in [0.29, 0.717) is 19.3 Å². The Bertz CT molecular complexity index is 2110. The summed E-state index contributed by atoms with van der Waals surface area (Å²) in [5, 5.41) is 14.7. The highest BCUT2D eigenvalue weighted by Crippen LogP contribution is 2.24. The van der Waals surface area contributed by atoms with Crippen LogP contribution in [0, 0.1) is 5.92 Å². The van der Waals surface area contributed by atoms with Gasteiger partial charge in [-0.05, 0) is 61.6 Å². The van der Waals surface area contributed by atoms with Crippen molar-refractivity contribution in [3.63, 3.8) is 0 Å². The van der Waals surface area contributed by atoms with Crippen molar-refractivity contribution in [3.8, 4) is 0 Å². The topological polar surface area (TPSA) is 228 Å². The third-order valence-corrected chi connectivity index (χ3v) is 11.6. The van der Waals surface area contributed by atoms with E-state index < -0.39 is 90.1 Å². The summed E-state index contributed by atoms with van der Waals surface area (Å²) < 4.78 is 4.80. The highest BCUT2D eigenvalue weighted by atomic mass is 16.5. The SMILES string of the molecule is COC(=O)CC[C@@H]1NC(=O)[C@@H]2CCCN2C(=O)CNC(=O)[C@H](Cc2ccccc2)NC(=O)[C@@H]2CCCN2C(=O)[C@H](Cc2c[nH]c3ccccc23)NC(=O)[C@H](CC(C)C)NC1=O. The number of aromatic nitrogens is 1. The van der Waals surface area contributed by atoms with Gasteiger partial charge < -0.3 is 46.1 Å². The van der Waals surface area contributed by atoms with Gasteiger partial charge in [-0.3, -0.25) is 38.4 Å². The number of ether oxygens (including phenoxy) is 1. The van der Waals surface area contributed by atoms with Crippen molar-refractivity contribution in [1.82, 2.24) is 41.4 Å². The van der Waals surface area contributed by atoms with Crippen LogP contribution in [0.15, 0.2) is 60.8 Å². The quantitative estimate of drug-likeness (QED) is 0.169. The molecule has 0 spiro atoms. The van der Waals surface area contributed by atoms with Gasteiger partial charge in [0.2, 0.25) is 41.4 Å². The summed E-state index contributed by atoms with van der Waals surface area (Å²) >= 11 is 0. The maximum absolute atomic E-state index is 14.7. The third-order valence-electron chi connectivity index (χ3n) is 11.6. The molecule has 6 rings (SSSR count). The maximum atomic E-state index is 14.7. The molecule has 61 heavy (non-hydrogen) atoms. The number of nitrogens with one attached hydrogen (secondary N) is 6. The Kier molecular flexibility index (Phi) is 14.8. The van der Waals surface area contributed by atoms with Gasteiger partial charge in [0, 0.05) is 49.5 Å². The van der Waals surface area contributed by atoms with E-state index in [1.165, 1.54) is 16.9 Å². The van der Waals surface area contributed by atoms with Gasteiger partial charge in [0.1, 0.15) is 36.3 Å². The minimum absolute atomic E-state index is 0.0462. The molecule has 0 unspecified atom stereocenters. The van der Waals surface area contributed by atoms with Gasteiger partial charge in [0.25, 0.3) is 0 Å². The predicted molar refractivity (Wildman–Crippen MR) is 223 cm³/mol. The molecule has 2 aromatic carbocycles. The van der Waals surface area contributed by atoms with Crippen LogP contribution in [-0.4, -0.2) is 125 Å². The Hall–Kier alpha value is -6.26. The van der Waals surface area contributed by atoms with Crippen LogP contribution in [0.4, 0.5) is 0 Å². The van der Waals surface area contributed by atoms with E-state index in [4.69, 9.17) is 4.74 Å². The van der Waals surface area contributed by atoms with E-state index in [0.717, 1.165) is 22.0 Å². The zero-order valence-electron chi connectivity index (χ0n) is 34.9. The smallest absolute Gasteiger partial charge is 0.305 e. The minimum Gasteiger partial charge on any atom is -0.469 e. The fourth-order valence-electron chi connectivity index (χ4n) is 8.42. The van der Waals surface area contributed by atoms with Crippen LogP contribution in [0.25, 0.3) is 10.9 Å². The van der Waals surface area contributed by atoms with Crippen LogP contribution in [-0.2, 0) is 55.9 Å². The second-order valence-corrected chi connectivity index (χ2v) is 16.4. The molecule has 17 nitrogen and oxygen atoms in total. The molecule has 0 aliphatic carbocycles. The molecule has 0 bridgehead atoms. The zero-order chi connectivity index (χ0) is 43.6. The molecular formula is C44H56N8O9. The monoisotopic (exact) mass is 840 g/mol. The number of rotatable bonds is 9. The van der Waals surface area contributed by atoms with Crippen LogP contribution < -0.4 is 26.6 Å². The molecule has 0 saturated carbocycles. The van der Waals surface area contributed by atoms with Crippen molar-refractivity contribution in [2.75, 3.05) is 26.7 Å². The van der Waals surface area contributed by atoms with Crippen LogP contribution in [0.2, 0.25) is 0 Å². The number of amides is 7. The number of nitrogens with zero attached hydrogens (tertiary/aromatic N) is 2. The Balaban J connectivity index is 1.37. The first-order valence-electron chi connectivity index (χ1n) is 21.1. The summed E-state index contributed by atoms with van der Waals surface area (Å²) in [6.45, 7) is 3.70. The van der Waals surface area contributed by atoms with E-state index in [1.807, 2.05) is 56.3 Å². The Morgan fingerprint density at radius 1 is 0.705 bits per heavy atom. The summed E-state index contributed by atoms with van der Waals surface area (Å²) in [6.07, 6.45) is 3.22. The van der Waals surface area contributed by atoms with Crippen molar-refractivity contribution in [3.05, 3.63) is 71.9 Å².